The molecule has 2 atom stereocenters. The molecule has 1 amide bonds. The Labute approximate surface area is 132 Å². The fourth-order valence-electron chi connectivity index (χ4n) is 3.52. The SMILES string of the molecule is Cc1cc(OC(F)F)c(C(=O)N2[C@H]3CC[C@@H]2CN(C)CC3)s1. The van der Waals surface area contributed by atoms with E-state index >= 15 is 0 Å². The van der Waals surface area contributed by atoms with E-state index in [1.165, 1.54) is 17.4 Å². The van der Waals surface area contributed by atoms with Crippen LogP contribution in [0.4, 0.5) is 8.78 Å². The third-order valence-corrected chi connectivity index (χ3v) is 5.47. The summed E-state index contributed by atoms with van der Waals surface area (Å²) >= 11 is 1.23. The van der Waals surface area contributed by atoms with Crippen molar-refractivity contribution >= 4 is 17.2 Å². The molecule has 2 bridgehead atoms. The van der Waals surface area contributed by atoms with Crippen LogP contribution >= 0.6 is 11.3 Å². The van der Waals surface area contributed by atoms with Crippen molar-refractivity contribution in [2.75, 3.05) is 20.1 Å². The molecular formula is C15H20F2N2O2S. The predicted molar refractivity (Wildman–Crippen MR) is 80.8 cm³/mol. The van der Waals surface area contributed by atoms with Gasteiger partial charge < -0.3 is 14.5 Å². The normalized spacial score (nSPS) is 25.6. The van der Waals surface area contributed by atoms with Gasteiger partial charge in [-0.1, -0.05) is 0 Å². The number of ether oxygens (including phenoxy) is 1. The van der Waals surface area contributed by atoms with Crippen LogP contribution in [0.1, 0.15) is 33.8 Å². The van der Waals surface area contributed by atoms with E-state index in [0.29, 0.717) is 4.88 Å². The number of hydrogen-bond donors (Lipinski definition) is 0. The second-order valence-corrected chi connectivity index (χ2v) is 7.33. The van der Waals surface area contributed by atoms with Gasteiger partial charge in [0.05, 0.1) is 0 Å². The van der Waals surface area contributed by atoms with Gasteiger partial charge in [0.25, 0.3) is 5.91 Å². The number of aryl methyl sites for hydroxylation is 1. The highest BCUT2D eigenvalue weighted by atomic mass is 32.1. The summed E-state index contributed by atoms with van der Waals surface area (Å²) in [4.78, 5) is 18.2. The van der Waals surface area contributed by atoms with Crippen molar-refractivity contribution in [1.82, 2.24) is 9.80 Å². The minimum Gasteiger partial charge on any atom is -0.433 e. The van der Waals surface area contributed by atoms with Crippen LogP contribution in [0, 0.1) is 6.92 Å². The summed E-state index contributed by atoms with van der Waals surface area (Å²) in [6, 6.07) is 1.91. The average Bonchev–Trinajstić information content (AvgIpc) is 2.93. The minimum absolute atomic E-state index is 0.0134. The molecule has 3 rings (SSSR count). The Morgan fingerprint density at radius 1 is 1.36 bits per heavy atom. The number of fused-ring (bicyclic) bond motifs is 2. The van der Waals surface area contributed by atoms with Gasteiger partial charge in [0.15, 0.2) is 0 Å². The molecule has 2 aliphatic rings. The number of carbonyl (C=O) groups is 1. The van der Waals surface area contributed by atoms with Crippen molar-refractivity contribution in [3.05, 3.63) is 15.8 Å². The first-order valence-electron chi connectivity index (χ1n) is 7.52. The molecule has 2 fully saturated rings. The quantitative estimate of drug-likeness (QED) is 0.854. The molecule has 1 aromatic rings. The van der Waals surface area contributed by atoms with Gasteiger partial charge in [-0.05, 0) is 45.8 Å². The maximum atomic E-state index is 12.9. The van der Waals surface area contributed by atoms with Crippen LogP contribution in [0.5, 0.6) is 5.75 Å². The van der Waals surface area contributed by atoms with Gasteiger partial charge in [-0.15, -0.1) is 11.3 Å². The lowest BCUT2D eigenvalue weighted by Crippen LogP contribution is -2.42. The molecule has 2 saturated heterocycles. The first-order valence-corrected chi connectivity index (χ1v) is 8.34. The smallest absolute Gasteiger partial charge is 0.387 e. The number of likely N-dealkylation sites (N-methyl/N-ethyl adjacent to an activating group) is 1. The first-order chi connectivity index (χ1) is 10.5. The number of amides is 1. The largest absolute Gasteiger partial charge is 0.433 e. The number of carbonyl (C=O) groups excluding carboxylic acids is 1. The summed E-state index contributed by atoms with van der Waals surface area (Å²) in [5, 5.41) is 0. The van der Waals surface area contributed by atoms with E-state index in [-0.39, 0.29) is 23.7 Å². The molecule has 0 unspecified atom stereocenters. The van der Waals surface area contributed by atoms with Crippen molar-refractivity contribution in [3.63, 3.8) is 0 Å². The van der Waals surface area contributed by atoms with Crippen LogP contribution in [-0.4, -0.2) is 54.5 Å². The lowest BCUT2D eigenvalue weighted by atomic mass is 10.1. The molecule has 4 nitrogen and oxygen atoms in total. The molecule has 0 N–H and O–H groups in total. The Balaban J connectivity index is 1.87. The highest BCUT2D eigenvalue weighted by molar-refractivity contribution is 7.14. The van der Waals surface area contributed by atoms with Gasteiger partial charge in [-0.2, -0.15) is 8.78 Å². The maximum Gasteiger partial charge on any atom is 0.387 e. The van der Waals surface area contributed by atoms with Crippen LogP contribution in [0.2, 0.25) is 0 Å². The molecule has 22 heavy (non-hydrogen) atoms. The molecule has 0 aliphatic carbocycles. The lowest BCUT2D eigenvalue weighted by molar-refractivity contribution is -0.0499. The van der Waals surface area contributed by atoms with Crippen LogP contribution < -0.4 is 4.74 Å². The Kier molecular flexibility index (Phi) is 4.36. The lowest BCUT2D eigenvalue weighted by Gasteiger charge is -2.28. The Hall–Kier alpha value is -1.21. The van der Waals surface area contributed by atoms with E-state index in [2.05, 4.69) is 16.7 Å². The Morgan fingerprint density at radius 3 is 2.82 bits per heavy atom. The highest BCUT2D eigenvalue weighted by Gasteiger charge is 2.41. The molecule has 3 heterocycles. The van der Waals surface area contributed by atoms with E-state index in [0.717, 1.165) is 37.2 Å². The van der Waals surface area contributed by atoms with E-state index in [1.807, 2.05) is 4.90 Å². The number of nitrogens with zero attached hydrogens (tertiary/aromatic N) is 2. The topological polar surface area (TPSA) is 32.8 Å². The van der Waals surface area contributed by atoms with Crippen molar-refractivity contribution < 1.29 is 18.3 Å². The van der Waals surface area contributed by atoms with E-state index in [1.54, 1.807) is 6.92 Å². The maximum absolute atomic E-state index is 12.9. The number of halogens is 2. The minimum atomic E-state index is -2.91. The zero-order valence-electron chi connectivity index (χ0n) is 12.7. The molecule has 0 saturated carbocycles. The van der Waals surface area contributed by atoms with Crippen LogP contribution in [0.15, 0.2) is 6.07 Å². The second-order valence-electron chi connectivity index (χ2n) is 6.08. The fraction of sp³-hybridized carbons (Fsp3) is 0.667. The zero-order valence-corrected chi connectivity index (χ0v) is 13.5. The Morgan fingerprint density at radius 2 is 2.09 bits per heavy atom. The van der Waals surface area contributed by atoms with E-state index < -0.39 is 6.61 Å². The number of hydrogen-bond acceptors (Lipinski definition) is 4. The summed E-state index contributed by atoms with van der Waals surface area (Å²) in [6.07, 6.45) is 2.92. The number of alkyl halides is 2. The molecular weight excluding hydrogens is 310 g/mol. The van der Waals surface area contributed by atoms with Crippen LogP contribution in [0.3, 0.4) is 0 Å². The molecule has 0 aromatic carbocycles. The predicted octanol–water partition coefficient (Wildman–Crippen LogP) is 2.97. The van der Waals surface area contributed by atoms with E-state index in [9.17, 15) is 13.6 Å². The highest BCUT2D eigenvalue weighted by Crippen LogP contribution is 2.36. The van der Waals surface area contributed by atoms with Crippen LogP contribution in [-0.2, 0) is 0 Å². The van der Waals surface area contributed by atoms with Crippen molar-refractivity contribution in [3.8, 4) is 5.75 Å². The summed E-state index contributed by atoms with van der Waals surface area (Å²) in [5.74, 6) is -0.143. The first kappa shape index (κ1) is 15.7. The fourth-order valence-corrected chi connectivity index (χ4v) is 4.40. The van der Waals surface area contributed by atoms with Gasteiger partial charge in [0.1, 0.15) is 10.6 Å². The number of rotatable bonds is 3. The van der Waals surface area contributed by atoms with Crippen molar-refractivity contribution in [2.45, 2.75) is 44.9 Å². The van der Waals surface area contributed by atoms with Crippen molar-refractivity contribution in [2.24, 2.45) is 0 Å². The monoisotopic (exact) mass is 330 g/mol. The standard InChI is InChI=1S/C15H20F2N2O2S/c1-9-7-12(21-15(16)17)13(22-9)14(20)19-10-3-4-11(19)8-18(2)6-5-10/h7,10-11,15H,3-6,8H2,1-2H3/t10-,11+/m0/s1. The van der Waals surface area contributed by atoms with Gasteiger partial charge in [-0.25, -0.2) is 0 Å². The Bertz CT molecular complexity index is 564. The van der Waals surface area contributed by atoms with E-state index in [4.69, 9.17) is 0 Å². The third-order valence-electron chi connectivity index (χ3n) is 4.45. The molecule has 0 spiro atoms. The number of thiophene rings is 1. The van der Waals surface area contributed by atoms with Gasteiger partial charge in [0.2, 0.25) is 0 Å². The number of likely N-dealkylation sites (tertiary alicyclic amines) is 1. The van der Waals surface area contributed by atoms with Crippen LogP contribution in [0.25, 0.3) is 0 Å². The zero-order chi connectivity index (χ0) is 15.9. The van der Waals surface area contributed by atoms with Gasteiger partial charge in [0, 0.05) is 23.5 Å². The molecule has 2 aliphatic heterocycles. The summed E-state index contributed by atoms with van der Waals surface area (Å²) in [7, 11) is 2.06. The average molecular weight is 330 g/mol. The third kappa shape index (κ3) is 2.96. The van der Waals surface area contributed by atoms with Gasteiger partial charge >= 0.3 is 6.61 Å². The summed E-state index contributed by atoms with van der Waals surface area (Å²) in [6.45, 7) is 0.698. The van der Waals surface area contributed by atoms with Crippen molar-refractivity contribution in [1.29, 1.82) is 0 Å². The molecule has 0 radical (unpaired) electrons. The summed E-state index contributed by atoms with van der Waals surface area (Å²) < 4.78 is 29.6. The summed E-state index contributed by atoms with van der Waals surface area (Å²) in [5.41, 5.74) is 0. The molecule has 122 valence electrons. The molecule has 1 aromatic heterocycles. The van der Waals surface area contributed by atoms with Gasteiger partial charge in [-0.3, -0.25) is 4.79 Å². The second kappa shape index (κ2) is 6.12. The molecule has 7 heteroatoms.